The third-order valence-corrected chi connectivity index (χ3v) is 4.46. The van der Waals surface area contributed by atoms with Crippen molar-refractivity contribution in [3.63, 3.8) is 0 Å². The van der Waals surface area contributed by atoms with Crippen molar-refractivity contribution < 1.29 is 14.7 Å². The lowest BCUT2D eigenvalue weighted by molar-refractivity contribution is -0.137. The predicted molar refractivity (Wildman–Crippen MR) is 110 cm³/mol. The fourth-order valence-electron chi connectivity index (χ4n) is 3.05. The molecule has 1 aromatic carbocycles. The fraction of sp³-hybridized carbons (Fsp3) is 0.182. The molecule has 3 rings (SSSR count). The second-order valence-electron chi connectivity index (χ2n) is 6.93. The van der Waals surface area contributed by atoms with Gasteiger partial charge in [0.2, 0.25) is 0 Å². The zero-order valence-electron chi connectivity index (χ0n) is 16.1. The van der Waals surface area contributed by atoms with E-state index in [-0.39, 0.29) is 11.8 Å². The van der Waals surface area contributed by atoms with E-state index in [4.69, 9.17) is 5.11 Å². The van der Waals surface area contributed by atoms with Gasteiger partial charge in [-0.05, 0) is 41.3 Å². The van der Waals surface area contributed by atoms with E-state index in [0.717, 1.165) is 21.3 Å². The van der Waals surface area contributed by atoms with Gasteiger partial charge in [-0.2, -0.15) is 0 Å². The van der Waals surface area contributed by atoms with Crippen LogP contribution in [0.15, 0.2) is 65.8 Å². The molecule has 0 radical (unpaired) electrons. The normalized spacial score (nSPS) is 10.7. The summed E-state index contributed by atoms with van der Waals surface area (Å²) in [7, 11) is 0. The summed E-state index contributed by atoms with van der Waals surface area (Å²) in [6.07, 6.45) is 4.77. The third kappa shape index (κ3) is 4.76. The molecule has 29 heavy (non-hydrogen) atoms. The van der Waals surface area contributed by atoms with Crippen LogP contribution in [0.3, 0.4) is 0 Å². The van der Waals surface area contributed by atoms with Gasteiger partial charge in [0, 0.05) is 35.8 Å². The van der Waals surface area contributed by atoms with Gasteiger partial charge in [-0.25, -0.2) is 0 Å². The number of rotatable bonds is 6. The summed E-state index contributed by atoms with van der Waals surface area (Å²) < 4.78 is 1.03. The van der Waals surface area contributed by atoms with Gasteiger partial charge >= 0.3 is 5.97 Å². The van der Waals surface area contributed by atoms with Crippen LogP contribution in [0.5, 0.6) is 0 Å². The van der Waals surface area contributed by atoms with Gasteiger partial charge in [-0.3, -0.25) is 19.4 Å². The van der Waals surface area contributed by atoms with Crippen LogP contribution in [0, 0.1) is 0 Å². The Labute approximate surface area is 167 Å². The first-order valence-electron chi connectivity index (χ1n) is 9.13. The van der Waals surface area contributed by atoms with E-state index in [1.165, 1.54) is 18.3 Å². The molecule has 3 aromatic rings. The quantitative estimate of drug-likeness (QED) is 0.671. The average molecular weight is 391 g/mol. The Kier molecular flexibility index (Phi) is 5.87. The van der Waals surface area contributed by atoms with E-state index in [1.54, 1.807) is 18.5 Å². The van der Waals surface area contributed by atoms with Crippen molar-refractivity contribution in [2.24, 2.45) is 0 Å². The summed E-state index contributed by atoms with van der Waals surface area (Å²) in [6, 6.07) is 11.9. The second kappa shape index (κ2) is 8.52. The Balaban J connectivity index is 1.92. The number of carbonyl (C=O) groups is 2. The number of benzene rings is 1. The molecule has 0 unspecified atom stereocenters. The molecule has 0 saturated carbocycles. The molecule has 0 saturated heterocycles. The number of nitrogens with zero attached hydrogens (tertiary/aromatic N) is 2. The van der Waals surface area contributed by atoms with Crippen LogP contribution in [0.4, 0.5) is 5.69 Å². The number of nitrogens with one attached hydrogen (secondary N) is 1. The van der Waals surface area contributed by atoms with Crippen LogP contribution < -0.4 is 10.9 Å². The minimum Gasteiger partial charge on any atom is -0.480 e. The highest BCUT2D eigenvalue weighted by Gasteiger charge is 2.14. The van der Waals surface area contributed by atoms with Crippen molar-refractivity contribution in [3.05, 3.63) is 82.5 Å². The number of hydrogen-bond acceptors (Lipinski definition) is 4. The Morgan fingerprint density at radius 2 is 1.97 bits per heavy atom. The van der Waals surface area contributed by atoms with Crippen molar-refractivity contribution in [2.75, 3.05) is 5.32 Å². The van der Waals surface area contributed by atoms with Gasteiger partial charge in [0.25, 0.3) is 11.5 Å². The number of carbonyl (C=O) groups excluding carboxylic acids is 1. The Hall–Kier alpha value is -3.74. The number of carboxylic acid groups (broad SMARTS) is 1. The molecule has 7 nitrogen and oxygen atoms in total. The first-order valence-corrected chi connectivity index (χ1v) is 9.13. The van der Waals surface area contributed by atoms with E-state index in [9.17, 15) is 14.4 Å². The zero-order chi connectivity index (χ0) is 21.0. The van der Waals surface area contributed by atoms with Crippen LogP contribution in [0.25, 0.3) is 11.1 Å². The number of carboxylic acids is 1. The van der Waals surface area contributed by atoms with Crippen LogP contribution in [0.2, 0.25) is 0 Å². The van der Waals surface area contributed by atoms with Crippen molar-refractivity contribution >= 4 is 17.6 Å². The molecule has 0 aliphatic carbocycles. The summed E-state index contributed by atoms with van der Waals surface area (Å²) in [5.41, 5.74) is 3.28. The highest BCUT2D eigenvalue weighted by molar-refractivity contribution is 6.05. The average Bonchev–Trinajstić information content (AvgIpc) is 2.70. The van der Waals surface area contributed by atoms with Crippen LogP contribution >= 0.6 is 0 Å². The van der Waals surface area contributed by atoms with Crippen molar-refractivity contribution in [1.29, 1.82) is 0 Å². The number of aliphatic carboxylic acids is 1. The first-order chi connectivity index (χ1) is 13.8. The van der Waals surface area contributed by atoms with Gasteiger partial charge in [-0.1, -0.05) is 26.0 Å². The molecule has 0 fully saturated rings. The number of anilines is 1. The van der Waals surface area contributed by atoms with Gasteiger partial charge < -0.3 is 15.0 Å². The first kappa shape index (κ1) is 20.0. The third-order valence-electron chi connectivity index (χ3n) is 4.46. The van der Waals surface area contributed by atoms with E-state index < -0.39 is 18.1 Å². The van der Waals surface area contributed by atoms with Crippen molar-refractivity contribution in [3.8, 4) is 11.1 Å². The maximum Gasteiger partial charge on any atom is 0.323 e. The molecule has 2 heterocycles. The molecule has 7 heteroatoms. The molecule has 0 spiro atoms. The summed E-state index contributed by atoms with van der Waals surface area (Å²) in [6.45, 7) is 3.69. The minimum absolute atomic E-state index is 0.266. The molecule has 0 bridgehead atoms. The smallest absolute Gasteiger partial charge is 0.323 e. The Bertz CT molecular complexity index is 1100. The summed E-state index contributed by atoms with van der Waals surface area (Å²) in [4.78, 5) is 39.6. The van der Waals surface area contributed by atoms with Crippen LogP contribution in [-0.4, -0.2) is 26.5 Å². The largest absolute Gasteiger partial charge is 0.480 e. The lowest BCUT2D eigenvalue weighted by Crippen LogP contribution is -2.24. The highest BCUT2D eigenvalue weighted by atomic mass is 16.4. The lowest BCUT2D eigenvalue weighted by Gasteiger charge is -2.15. The number of pyridine rings is 2. The summed E-state index contributed by atoms with van der Waals surface area (Å²) in [5.74, 6) is -1.23. The monoisotopic (exact) mass is 391 g/mol. The molecule has 2 aromatic heterocycles. The highest BCUT2D eigenvalue weighted by Crippen LogP contribution is 2.30. The fourth-order valence-corrected chi connectivity index (χ4v) is 3.05. The van der Waals surface area contributed by atoms with Crippen LogP contribution in [0.1, 0.15) is 35.7 Å². The maximum atomic E-state index is 12.8. The number of amides is 1. The topological polar surface area (TPSA) is 101 Å². The summed E-state index contributed by atoms with van der Waals surface area (Å²) in [5, 5.41) is 11.6. The zero-order valence-corrected chi connectivity index (χ0v) is 16.1. The lowest BCUT2D eigenvalue weighted by atomic mass is 9.91. The SMILES string of the molecule is CC(C)c1ccc(C(=O)Nc2ccc(=O)n(CC(=O)O)c2)cc1-c1cccnc1. The van der Waals surface area contributed by atoms with Crippen LogP contribution in [-0.2, 0) is 11.3 Å². The van der Waals surface area contributed by atoms with E-state index in [2.05, 4.69) is 24.1 Å². The molecule has 148 valence electrons. The molecular formula is C22H21N3O4. The maximum absolute atomic E-state index is 12.8. The predicted octanol–water partition coefficient (Wildman–Crippen LogP) is 3.37. The number of aromatic nitrogens is 2. The van der Waals surface area contributed by atoms with Crippen molar-refractivity contribution in [2.45, 2.75) is 26.3 Å². The Morgan fingerprint density at radius 1 is 1.17 bits per heavy atom. The van der Waals surface area contributed by atoms with Crippen molar-refractivity contribution in [1.82, 2.24) is 9.55 Å². The standard InChI is InChI=1S/C22H21N3O4/c1-14(2)18-7-5-15(10-19(18)16-4-3-9-23-11-16)22(29)24-17-6-8-20(26)25(12-17)13-21(27)28/h3-12,14H,13H2,1-2H3,(H,24,29)(H,27,28). The summed E-state index contributed by atoms with van der Waals surface area (Å²) >= 11 is 0. The van der Waals surface area contributed by atoms with E-state index in [0.29, 0.717) is 11.3 Å². The van der Waals surface area contributed by atoms with E-state index >= 15 is 0 Å². The van der Waals surface area contributed by atoms with Gasteiger partial charge in [0.15, 0.2) is 0 Å². The molecule has 0 aliphatic heterocycles. The minimum atomic E-state index is -1.14. The molecule has 0 aliphatic rings. The molecule has 1 amide bonds. The van der Waals surface area contributed by atoms with Gasteiger partial charge in [0.1, 0.15) is 6.54 Å². The Morgan fingerprint density at radius 3 is 2.62 bits per heavy atom. The molecular weight excluding hydrogens is 370 g/mol. The number of hydrogen-bond donors (Lipinski definition) is 2. The second-order valence-corrected chi connectivity index (χ2v) is 6.93. The van der Waals surface area contributed by atoms with Gasteiger partial charge in [-0.15, -0.1) is 0 Å². The molecule has 2 N–H and O–H groups in total. The van der Waals surface area contributed by atoms with Gasteiger partial charge in [0.05, 0.1) is 5.69 Å². The van der Waals surface area contributed by atoms with E-state index in [1.807, 2.05) is 24.3 Å². The molecule has 0 atom stereocenters.